The van der Waals surface area contributed by atoms with E-state index in [9.17, 15) is 4.79 Å². The molecule has 2 aliphatic rings. The van der Waals surface area contributed by atoms with Crippen LogP contribution in [0.5, 0.6) is 5.75 Å². The molecule has 4 aromatic rings. The van der Waals surface area contributed by atoms with Crippen molar-refractivity contribution in [2.75, 3.05) is 31.2 Å². The predicted octanol–water partition coefficient (Wildman–Crippen LogP) is 4.60. The molecule has 0 saturated carbocycles. The fourth-order valence-corrected chi connectivity index (χ4v) is 5.19. The van der Waals surface area contributed by atoms with Crippen LogP contribution in [0.1, 0.15) is 29.7 Å². The van der Waals surface area contributed by atoms with Gasteiger partial charge in [-0.15, -0.1) is 0 Å². The Balaban J connectivity index is 1.35. The van der Waals surface area contributed by atoms with E-state index in [1.54, 1.807) is 6.33 Å². The second-order valence-corrected chi connectivity index (χ2v) is 9.73. The molecule has 6 rings (SSSR count). The van der Waals surface area contributed by atoms with Gasteiger partial charge in [-0.25, -0.2) is 4.68 Å². The number of benzene rings is 3. The number of amides is 1. The first-order valence-corrected chi connectivity index (χ1v) is 13.2. The zero-order valence-corrected chi connectivity index (χ0v) is 21.9. The number of ether oxygens (including phenoxy) is 2. The number of aromatic nitrogens is 3. The van der Waals surface area contributed by atoms with E-state index in [-0.39, 0.29) is 5.91 Å². The number of nitrogens with zero attached hydrogens (tertiary/aromatic N) is 5. The Morgan fingerprint density at radius 3 is 2.28 bits per heavy atom. The first-order chi connectivity index (χ1) is 19.2. The van der Waals surface area contributed by atoms with Crippen molar-refractivity contribution >= 4 is 11.9 Å². The largest absolute Gasteiger partial charge is 0.489 e. The van der Waals surface area contributed by atoms with Gasteiger partial charge in [0.2, 0.25) is 5.95 Å². The van der Waals surface area contributed by atoms with Crippen molar-refractivity contribution in [2.24, 2.45) is 0 Å². The standard InChI is InChI=1S/C31H31N5O3/c1-23-28(30(37)34-16-18-38-19-17-34)29(26-12-14-27(15-13-26)39-21-25-10-6-3-7-11-25)36-31(32-22-33-36)35(23)20-24-8-4-2-5-9-24/h2-15,22,29H,16-21H2,1H3/t29-/m0/s1. The third kappa shape index (κ3) is 5.15. The lowest BCUT2D eigenvalue weighted by Crippen LogP contribution is -2.45. The van der Waals surface area contributed by atoms with E-state index in [0.29, 0.717) is 51.0 Å². The van der Waals surface area contributed by atoms with Crippen LogP contribution in [0.3, 0.4) is 0 Å². The Bertz CT molecular complexity index is 1440. The van der Waals surface area contributed by atoms with E-state index >= 15 is 0 Å². The van der Waals surface area contributed by atoms with E-state index in [1.165, 1.54) is 0 Å². The van der Waals surface area contributed by atoms with Crippen molar-refractivity contribution in [3.63, 3.8) is 0 Å². The topological polar surface area (TPSA) is 72.7 Å². The van der Waals surface area contributed by atoms with Crippen molar-refractivity contribution in [3.05, 3.63) is 119 Å². The van der Waals surface area contributed by atoms with Crippen LogP contribution in [0.4, 0.5) is 5.95 Å². The summed E-state index contributed by atoms with van der Waals surface area (Å²) >= 11 is 0. The van der Waals surface area contributed by atoms with Gasteiger partial charge < -0.3 is 19.3 Å². The zero-order chi connectivity index (χ0) is 26.6. The lowest BCUT2D eigenvalue weighted by Gasteiger charge is -2.38. The molecule has 0 N–H and O–H groups in total. The molecule has 3 aromatic carbocycles. The maximum absolute atomic E-state index is 14.1. The van der Waals surface area contributed by atoms with Crippen LogP contribution in [0.15, 0.2) is 103 Å². The highest BCUT2D eigenvalue weighted by molar-refractivity contribution is 5.97. The maximum Gasteiger partial charge on any atom is 0.254 e. The summed E-state index contributed by atoms with van der Waals surface area (Å²) in [6.07, 6.45) is 1.56. The fraction of sp³-hybridized carbons (Fsp3) is 0.258. The van der Waals surface area contributed by atoms with E-state index in [4.69, 9.17) is 9.47 Å². The van der Waals surface area contributed by atoms with Gasteiger partial charge in [-0.2, -0.15) is 10.1 Å². The quantitative estimate of drug-likeness (QED) is 0.354. The van der Waals surface area contributed by atoms with E-state index in [0.717, 1.165) is 28.1 Å². The van der Waals surface area contributed by atoms with Crippen LogP contribution in [0, 0.1) is 0 Å². The van der Waals surface area contributed by atoms with Crippen LogP contribution < -0.4 is 9.64 Å². The number of fused-ring (bicyclic) bond motifs is 1. The Kier molecular flexibility index (Phi) is 7.10. The fourth-order valence-electron chi connectivity index (χ4n) is 5.19. The SMILES string of the molecule is CC1=C(C(=O)N2CCOCC2)[C@H](c2ccc(OCc3ccccc3)cc2)n2ncnc2N1Cc1ccccc1. The first-order valence-electron chi connectivity index (χ1n) is 13.2. The molecular weight excluding hydrogens is 490 g/mol. The number of hydrogen-bond donors (Lipinski definition) is 0. The number of morpholine rings is 1. The number of carbonyl (C=O) groups is 1. The lowest BCUT2D eigenvalue weighted by molar-refractivity contribution is -0.131. The normalized spacial score (nSPS) is 17.2. The third-order valence-electron chi connectivity index (χ3n) is 7.26. The molecule has 1 amide bonds. The van der Waals surface area contributed by atoms with Crippen LogP contribution >= 0.6 is 0 Å². The molecule has 0 spiro atoms. The van der Waals surface area contributed by atoms with Crippen LogP contribution in [-0.4, -0.2) is 51.9 Å². The van der Waals surface area contributed by atoms with Gasteiger partial charge in [-0.1, -0.05) is 72.8 Å². The van der Waals surface area contributed by atoms with Crippen molar-refractivity contribution < 1.29 is 14.3 Å². The minimum Gasteiger partial charge on any atom is -0.489 e. The maximum atomic E-state index is 14.1. The Morgan fingerprint density at radius 1 is 0.923 bits per heavy atom. The molecule has 0 bridgehead atoms. The highest BCUT2D eigenvalue weighted by atomic mass is 16.5. The second kappa shape index (κ2) is 11.1. The Morgan fingerprint density at radius 2 is 1.59 bits per heavy atom. The van der Waals surface area contributed by atoms with Gasteiger partial charge in [0, 0.05) is 18.8 Å². The molecular formula is C31H31N5O3. The second-order valence-electron chi connectivity index (χ2n) is 9.73. The number of rotatable bonds is 7. The predicted molar refractivity (Wildman–Crippen MR) is 148 cm³/mol. The summed E-state index contributed by atoms with van der Waals surface area (Å²) < 4.78 is 13.4. The number of anilines is 1. The van der Waals surface area contributed by atoms with Gasteiger partial charge in [0.25, 0.3) is 5.91 Å². The molecule has 39 heavy (non-hydrogen) atoms. The van der Waals surface area contributed by atoms with Gasteiger partial charge >= 0.3 is 0 Å². The highest BCUT2D eigenvalue weighted by Crippen LogP contribution is 2.40. The molecule has 2 aliphatic heterocycles. The molecule has 1 aromatic heterocycles. The van der Waals surface area contributed by atoms with Crippen LogP contribution in [0.2, 0.25) is 0 Å². The zero-order valence-electron chi connectivity index (χ0n) is 21.9. The summed E-state index contributed by atoms with van der Waals surface area (Å²) in [6.45, 7) is 5.31. The van der Waals surface area contributed by atoms with Crippen LogP contribution in [-0.2, 0) is 22.7 Å². The average molecular weight is 522 g/mol. The number of allylic oxidation sites excluding steroid dienone is 1. The van der Waals surface area contributed by atoms with Crippen LogP contribution in [0.25, 0.3) is 0 Å². The highest BCUT2D eigenvalue weighted by Gasteiger charge is 2.39. The summed E-state index contributed by atoms with van der Waals surface area (Å²) in [5, 5.41) is 4.62. The van der Waals surface area contributed by atoms with Crippen molar-refractivity contribution in [2.45, 2.75) is 26.1 Å². The summed E-state index contributed by atoms with van der Waals surface area (Å²) in [5.74, 6) is 1.48. The lowest BCUT2D eigenvalue weighted by atomic mass is 9.93. The van der Waals surface area contributed by atoms with E-state index in [1.807, 2.05) is 89.3 Å². The molecule has 8 heteroatoms. The van der Waals surface area contributed by atoms with Crippen molar-refractivity contribution in [3.8, 4) is 5.75 Å². The summed E-state index contributed by atoms with van der Waals surface area (Å²) in [7, 11) is 0. The molecule has 0 radical (unpaired) electrons. The number of carbonyl (C=O) groups excluding carboxylic acids is 1. The van der Waals surface area contributed by atoms with Crippen molar-refractivity contribution in [1.29, 1.82) is 0 Å². The van der Waals surface area contributed by atoms with E-state index in [2.05, 4.69) is 27.1 Å². The van der Waals surface area contributed by atoms with Gasteiger partial charge in [0.05, 0.1) is 25.3 Å². The van der Waals surface area contributed by atoms with Gasteiger partial charge in [-0.05, 0) is 35.7 Å². The summed E-state index contributed by atoms with van der Waals surface area (Å²) in [6, 6.07) is 27.8. The summed E-state index contributed by atoms with van der Waals surface area (Å²) in [5.41, 5.74) is 4.76. The molecule has 1 saturated heterocycles. The Hall–Kier alpha value is -4.43. The first kappa shape index (κ1) is 24.9. The molecule has 3 heterocycles. The molecule has 198 valence electrons. The molecule has 8 nitrogen and oxygen atoms in total. The minimum absolute atomic E-state index is 0.00409. The Labute approximate surface area is 228 Å². The van der Waals surface area contributed by atoms with E-state index < -0.39 is 6.04 Å². The molecule has 1 fully saturated rings. The van der Waals surface area contributed by atoms with Gasteiger partial charge in [0.15, 0.2) is 0 Å². The molecule has 1 atom stereocenters. The minimum atomic E-state index is -0.409. The van der Waals surface area contributed by atoms with Crippen molar-refractivity contribution in [1.82, 2.24) is 19.7 Å². The average Bonchev–Trinajstić information content (AvgIpc) is 3.48. The monoisotopic (exact) mass is 521 g/mol. The number of hydrogen-bond acceptors (Lipinski definition) is 6. The third-order valence-corrected chi connectivity index (χ3v) is 7.26. The smallest absolute Gasteiger partial charge is 0.254 e. The summed E-state index contributed by atoms with van der Waals surface area (Å²) in [4.78, 5) is 22.7. The molecule has 0 unspecified atom stereocenters. The van der Waals surface area contributed by atoms with Gasteiger partial charge in [0.1, 0.15) is 24.7 Å². The van der Waals surface area contributed by atoms with Gasteiger partial charge in [-0.3, -0.25) is 4.79 Å². The molecule has 0 aliphatic carbocycles.